The Morgan fingerprint density at radius 1 is 1.24 bits per heavy atom. The maximum atomic E-state index is 12.5. The van der Waals surface area contributed by atoms with E-state index in [0.29, 0.717) is 18.3 Å². The van der Waals surface area contributed by atoms with E-state index in [1.165, 1.54) is 19.2 Å². The lowest BCUT2D eigenvalue weighted by Crippen LogP contribution is -2.33. The second-order valence-electron chi connectivity index (χ2n) is 6.41. The Kier molecular flexibility index (Phi) is 8.18. The van der Waals surface area contributed by atoms with Gasteiger partial charge in [0.2, 0.25) is 0 Å². The Bertz CT molecular complexity index is 601. The molecule has 0 fully saturated rings. The highest BCUT2D eigenvalue weighted by atomic mass is 16.6. The lowest BCUT2D eigenvalue weighted by molar-refractivity contribution is -0.385. The lowest BCUT2D eigenvalue weighted by Gasteiger charge is -2.16. The number of nitrogens with one attached hydrogen (secondary N) is 1. The summed E-state index contributed by atoms with van der Waals surface area (Å²) in [5.74, 6) is 0.676. The molecule has 0 saturated heterocycles. The summed E-state index contributed by atoms with van der Waals surface area (Å²) in [6, 6.07) is 2.53. The number of carbonyl (C=O) groups excluding carboxylic acids is 1. The van der Waals surface area contributed by atoms with Gasteiger partial charge in [-0.2, -0.15) is 0 Å². The molecule has 140 valence electrons. The first-order chi connectivity index (χ1) is 11.8. The second kappa shape index (κ2) is 9.86. The molecule has 1 rings (SSSR count). The average molecular weight is 352 g/mol. The predicted molar refractivity (Wildman–Crippen MR) is 96.4 cm³/mol. The van der Waals surface area contributed by atoms with Gasteiger partial charge in [-0.15, -0.1) is 0 Å². The molecule has 0 aliphatic heterocycles. The van der Waals surface area contributed by atoms with Crippen LogP contribution in [0.5, 0.6) is 11.5 Å². The van der Waals surface area contributed by atoms with Crippen molar-refractivity contribution in [2.24, 2.45) is 5.92 Å². The van der Waals surface area contributed by atoms with Crippen LogP contribution in [-0.2, 0) is 0 Å². The molecule has 0 aromatic heterocycles. The molecule has 7 heteroatoms. The van der Waals surface area contributed by atoms with Gasteiger partial charge in [-0.05, 0) is 26.2 Å². The van der Waals surface area contributed by atoms with Gasteiger partial charge in [0.15, 0.2) is 11.5 Å². The van der Waals surface area contributed by atoms with Crippen LogP contribution < -0.4 is 14.8 Å². The summed E-state index contributed by atoms with van der Waals surface area (Å²) in [5, 5.41) is 14.2. The van der Waals surface area contributed by atoms with E-state index in [2.05, 4.69) is 19.2 Å². The number of nitro groups is 1. The van der Waals surface area contributed by atoms with Crippen LogP contribution in [0.3, 0.4) is 0 Å². The van der Waals surface area contributed by atoms with Gasteiger partial charge < -0.3 is 14.8 Å². The number of amides is 1. The van der Waals surface area contributed by atoms with E-state index in [4.69, 9.17) is 9.47 Å². The molecule has 7 nitrogen and oxygen atoms in total. The van der Waals surface area contributed by atoms with Crippen molar-refractivity contribution >= 4 is 11.6 Å². The molecule has 0 bridgehead atoms. The molecule has 1 N–H and O–H groups in total. The summed E-state index contributed by atoms with van der Waals surface area (Å²) < 4.78 is 10.5. The third kappa shape index (κ3) is 6.25. The molecule has 0 aliphatic rings. The Hall–Kier alpha value is -2.31. The van der Waals surface area contributed by atoms with Gasteiger partial charge in [-0.25, -0.2) is 0 Å². The third-order valence-electron chi connectivity index (χ3n) is 3.82. The van der Waals surface area contributed by atoms with Crippen molar-refractivity contribution in [2.45, 2.75) is 53.0 Å². The van der Waals surface area contributed by atoms with Crippen LogP contribution in [0.1, 0.15) is 57.3 Å². The molecule has 0 heterocycles. The number of methoxy groups -OCH3 is 1. The minimum absolute atomic E-state index is 0.0232. The smallest absolute Gasteiger partial charge is 0.286 e. The standard InChI is InChI=1S/C18H28N2O5/c1-6-25-17-10-14(15(20(22)23)11-16(17)24-5)18(21)19-13(4)9-7-8-12(2)3/h10-13H,6-9H2,1-5H3,(H,19,21)/t13-/m0/s1. The highest BCUT2D eigenvalue weighted by molar-refractivity contribution is 5.99. The maximum Gasteiger partial charge on any atom is 0.286 e. The van der Waals surface area contributed by atoms with Crippen LogP contribution >= 0.6 is 0 Å². The Morgan fingerprint density at radius 3 is 2.44 bits per heavy atom. The highest BCUT2D eigenvalue weighted by Gasteiger charge is 2.25. The lowest BCUT2D eigenvalue weighted by atomic mass is 10.0. The topological polar surface area (TPSA) is 90.7 Å². The van der Waals surface area contributed by atoms with E-state index in [-0.39, 0.29) is 23.0 Å². The summed E-state index contributed by atoms with van der Waals surface area (Å²) in [6.07, 6.45) is 2.90. The van der Waals surface area contributed by atoms with Crippen LogP contribution in [0, 0.1) is 16.0 Å². The summed E-state index contributed by atoms with van der Waals surface area (Å²) >= 11 is 0. The number of hydrogen-bond acceptors (Lipinski definition) is 5. The van der Waals surface area contributed by atoms with Crippen molar-refractivity contribution in [2.75, 3.05) is 13.7 Å². The van der Waals surface area contributed by atoms with Gasteiger partial charge in [0.1, 0.15) is 5.56 Å². The fourth-order valence-corrected chi connectivity index (χ4v) is 2.52. The SMILES string of the molecule is CCOc1cc(C(=O)N[C@@H](C)CCCC(C)C)c([N+](=O)[O-])cc1OC. The number of ether oxygens (including phenoxy) is 2. The van der Waals surface area contributed by atoms with Crippen molar-refractivity contribution in [3.63, 3.8) is 0 Å². The summed E-state index contributed by atoms with van der Waals surface area (Å²) in [6.45, 7) is 8.35. The van der Waals surface area contributed by atoms with Crippen molar-refractivity contribution in [3.8, 4) is 11.5 Å². The quantitative estimate of drug-likeness (QED) is 0.508. The highest BCUT2D eigenvalue weighted by Crippen LogP contribution is 2.34. The fourth-order valence-electron chi connectivity index (χ4n) is 2.52. The fraction of sp³-hybridized carbons (Fsp3) is 0.611. The van der Waals surface area contributed by atoms with E-state index in [0.717, 1.165) is 19.3 Å². The number of nitrogens with zero attached hydrogens (tertiary/aromatic N) is 1. The number of nitro benzene ring substituents is 1. The summed E-state index contributed by atoms with van der Waals surface area (Å²) in [7, 11) is 1.40. The minimum Gasteiger partial charge on any atom is -0.493 e. The second-order valence-corrected chi connectivity index (χ2v) is 6.41. The van der Waals surface area contributed by atoms with Crippen molar-refractivity contribution < 1.29 is 19.2 Å². The molecule has 1 aromatic carbocycles. The largest absolute Gasteiger partial charge is 0.493 e. The first-order valence-electron chi connectivity index (χ1n) is 8.60. The molecule has 0 spiro atoms. The van der Waals surface area contributed by atoms with Gasteiger partial charge >= 0.3 is 0 Å². The molecule has 0 saturated carbocycles. The number of carbonyl (C=O) groups is 1. The number of benzene rings is 1. The molecule has 1 atom stereocenters. The average Bonchev–Trinajstić information content (AvgIpc) is 2.54. The maximum absolute atomic E-state index is 12.5. The zero-order valence-corrected chi connectivity index (χ0v) is 15.6. The van der Waals surface area contributed by atoms with Gasteiger partial charge in [0.05, 0.1) is 24.7 Å². The van der Waals surface area contributed by atoms with Gasteiger partial charge in [0.25, 0.3) is 11.6 Å². The van der Waals surface area contributed by atoms with Crippen LogP contribution in [0.25, 0.3) is 0 Å². The molecule has 25 heavy (non-hydrogen) atoms. The van der Waals surface area contributed by atoms with Gasteiger partial charge in [-0.1, -0.05) is 26.7 Å². The molecule has 0 aliphatic carbocycles. The number of hydrogen-bond donors (Lipinski definition) is 1. The number of rotatable bonds is 10. The molecule has 0 unspecified atom stereocenters. The van der Waals surface area contributed by atoms with E-state index in [1.54, 1.807) is 6.92 Å². The van der Waals surface area contributed by atoms with E-state index in [9.17, 15) is 14.9 Å². The van der Waals surface area contributed by atoms with Crippen LogP contribution in [0.15, 0.2) is 12.1 Å². The van der Waals surface area contributed by atoms with Crippen molar-refractivity contribution in [1.29, 1.82) is 0 Å². The molecular formula is C18H28N2O5. The summed E-state index contributed by atoms with van der Waals surface area (Å²) in [4.78, 5) is 23.3. The molecular weight excluding hydrogens is 324 g/mol. The van der Waals surface area contributed by atoms with Gasteiger partial charge in [0, 0.05) is 12.1 Å². The monoisotopic (exact) mass is 352 g/mol. The zero-order chi connectivity index (χ0) is 19.0. The first kappa shape index (κ1) is 20.7. The van der Waals surface area contributed by atoms with Gasteiger partial charge in [-0.3, -0.25) is 14.9 Å². The van der Waals surface area contributed by atoms with Crippen molar-refractivity contribution in [3.05, 3.63) is 27.8 Å². The Labute approximate surface area is 148 Å². The van der Waals surface area contributed by atoms with Crippen LogP contribution in [0.4, 0.5) is 5.69 Å². The van der Waals surface area contributed by atoms with E-state index in [1.807, 2.05) is 6.92 Å². The normalized spacial score (nSPS) is 11.9. The minimum atomic E-state index is -0.587. The molecule has 0 radical (unpaired) electrons. The Balaban J connectivity index is 2.98. The van der Waals surface area contributed by atoms with E-state index < -0.39 is 10.8 Å². The Morgan fingerprint density at radius 2 is 1.92 bits per heavy atom. The third-order valence-corrected chi connectivity index (χ3v) is 3.82. The van der Waals surface area contributed by atoms with Crippen LogP contribution in [-0.4, -0.2) is 30.6 Å². The molecule has 1 aromatic rings. The molecule has 1 amide bonds. The zero-order valence-electron chi connectivity index (χ0n) is 15.6. The first-order valence-corrected chi connectivity index (χ1v) is 8.60. The summed E-state index contributed by atoms with van der Waals surface area (Å²) in [5.41, 5.74) is -0.322. The van der Waals surface area contributed by atoms with Crippen molar-refractivity contribution in [1.82, 2.24) is 5.32 Å². The van der Waals surface area contributed by atoms with Crippen LogP contribution in [0.2, 0.25) is 0 Å². The predicted octanol–water partition coefficient (Wildman–Crippen LogP) is 3.95. The van der Waals surface area contributed by atoms with E-state index >= 15 is 0 Å².